The monoisotopic (exact) mass is 596 g/mol. The van der Waals surface area contributed by atoms with E-state index in [4.69, 9.17) is 0 Å². The molecule has 1 saturated heterocycles. The number of hydrogen-bond acceptors (Lipinski definition) is 6. The SMILES string of the molecule is CC(C)(C)NCc1ccc2c(c1)CCC[C@H]2NC(=O)C[C@@H]1C(=O)NCCN1S(=O)(=O)c1ccc(OC(F)(F)F)cc1. The van der Waals surface area contributed by atoms with E-state index in [0.717, 1.165) is 58.1 Å². The lowest BCUT2D eigenvalue weighted by Gasteiger charge is -2.34. The lowest BCUT2D eigenvalue weighted by molar-refractivity contribution is -0.274. The molecule has 13 heteroatoms. The van der Waals surface area contributed by atoms with E-state index in [1.165, 1.54) is 0 Å². The molecule has 0 spiro atoms. The molecule has 3 N–H and O–H groups in total. The second kappa shape index (κ2) is 12.0. The molecule has 2 atom stereocenters. The highest BCUT2D eigenvalue weighted by molar-refractivity contribution is 7.89. The lowest BCUT2D eigenvalue weighted by atomic mass is 9.86. The Kier molecular flexibility index (Phi) is 9.00. The average molecular weight is 597 g/mol. The van der Waals surface area contributed by atoms with E-state index in [9.17, 15) is 31.2 Å². The first-order valence-electron chi connectivity index (χ1n) is 13.4. The first-order valence-corrected chi connectivity index (χ1v) is 14.9. The number of aryl methyl sites for hydroxylation is 1. The molecule has 2 aromatic carbocycles. The Hall–Kier alpha value is -3.16. The highest BCUT2D eigenvalue weighted by atomic mass is 32.2. The van der Waals surface area contributed by atoms with Crippen molar-refractivity contribution >= 4 is 21.8 Å². The Balaban J connectivity index is 1.46. The van der Waals surface area contributed by atoms with Gasteiger partial charge in [-0.3, -0.25) is 9.59 Å². The molecule has 1 heterocycles. The molecule has 9 nitrogen and oxygen atoms in total. The summed E-state index contributed by atoms with van der Waals surface area (Å²) in [4.78, 5) is 25.6. The van der Waals surface area contributed by atoms with Crippen LogP contribution in [0.2, 0.25) is 0 Å². The molecule has 2 amide bonds. The van der Waals surface area contributed by atoms with Crippen LogP contribution in [0.3, 0.4) is 0 Å². The molecule has 0 saturated carbocycles. The molecule has 4 rings (SSSR count). The summed E-state index contributed by atoms with van der Waals surface area (Å²) in [7, 11) is -4.30. The van der Waals surface area contributed by atoms with Crippen LogP contribution < -0.4 is 20.7 Å². The van der Waals surface area contributed by atoms with Gasteiger partial charge in [-0.05, 0) is 81.0 Å². The van der Waals surface area contributed by atoms with E-state index in [1.807, 2.05) is 12.1 Å². The van der Waals surface area contributed by atoms with Gasteiger partial charge in [0.25, 0.3) is 0 Å². The Morgan fingerprint density at radius 3 is 2.49 bits per heavy atom. The smallest absolute Gasteiger partial charge is 0.406 e. The topological polar surface area (TPSA) is 117 Å². The summed E-state index contributed by atoms with van der Waals surface area (Å²) in [6, 6.07) is 8.32. The van der Waals surface area contributed by atoms with Crippen molar-refractivity contribution in [1.82, 2.24) is 20.3 Å². The summed E-state index contributed by atoms with van der Waals surface area (Å²) in [6.07, 6.45) is -2.86. The molecule has 224 valence electrons. The summed E-state index contributed by atoms with van der Waals surface area (Å²) in [5, 5.41) is 9.04. The van der Waals surface area contributed by atoms with Crippen molar-refractivity contribution in [3.8, 4) is 5.75 Å². The molecule has 0 radical (unpaired) electrons. The number of alkyl halides is 3. The number of rotatable bonds is 8. The minimum absolute atomic E-state index is 0.0236. The predicted octanol–water partition coefficient (Wildman–Crippen LogP) is 3.55. The van der Waals surface area contributed by atoms with Gasteiger partial charge in [0.2, 0.25) is 21.8 Å². The zero-order chi connectivity index (χ0) is 30.0. The minimum atomic E-state index is -4.92. The van der Waals surface area contributed by atoms with Crippen LogP contribution in [0.5, 0.6) is 5.75 Å². The molecule has 2 aliphatic rings. The molecule has 1 aliphatic heterocycles. The van der Waals surface area contributed by atoms with Crippen LogP contribution in [0, 0.1) is 0 Å². The molecular formula is C28H35F3N4O5S. The van der Waals surface area contributed by atoms with Crippen LogP contribution in [0.15, 0.2) is 47.4 Å². The number of halogens is 3. The fraction of sp³-hybridized carbons (Fsp3) is 0.500. The van der Waals surface area contributed by atoms with Crippen LogP contribution >= 0.6 is 0 Å². The van der Waals surface area contributed by atoms with Gasteiger partial charge in [-0.15, -0.1) is 13.2 Å². The van der Waals surface area contributed by atoms with Crippen molar-refractivity contribution in [2.75, 3.05) is 13.1 Å². The second-order valence-electron chi connectivity index (χ2n) is 11.3. The summed E-state index contributed by atoms with van der Waals surface area (Å²) in [5.41, 5.74) is 3.27. The second-order valence-corrected chi connectivity index (χ2v) is 13.2. The number of nitrogens with zero attached hydrogens (tertiary/aromatic N) is 1. The van der Waals surface area contributed by atoms with Gasteiger partial charge in [-0.2, -0.15) is 4.31 Å². The van der Waals surface area contributed by atoms with E-state index in [1.54, 1.807) is 0 Å². The Morgan fingerprint density at radius 2 is 1.83 bits per heavy atom. The lowest BCUT2D eigenvalue weighted by Crippen LogP contribution is -2.58. The van der Waals surface area contributed by atoms with Crippen LogP contribution in [-0.4, -0.2) is 55.6 Å². The summed E-state index contributed by atoms with van der Waals surface area (Å²) in [5.74, 6) is -1.67. The minimum Gasteiger partial charge on any atom is -0.406 e. The quantitative estimate of drug-likeness (QED) is 0.429. The first-order chi connectivity index (χ1) is 19.1. The van der Waals surface area contributed by atoms with Gasteiger partial charge < -0.3 is 20.7 Å². The molecule has 1 fully saturated rings. The number of piperazine rings is 1. The number of amides is 2. The maximum Gasteiger partial charge on any atom is 0.573 e. The third-order valence-corrected chi connectivity index (χ3v) is 8.93. The molecule has 1 aliphatic carbocycles. The van der Waals surface area contributed by atoms with E-state index < -0.39 is 46.4 Å². The van der Waals surface area contributed by atoms with Crippen molar-refractivity contribution in [3.63, 3.8) is 0 Å². The number of carbonyl (C=O) groups excluding carboxylic acids is 2. The van der Waals surface area contributed by atoms with E-state index in [2.05, 4.69) is 47.5 Å². The van der Waals surface area contributed by atoms with Gasteiger partial charge in [0.05, 0.1) is 17.4 Å². The van der Waals surface area contributed by atoms with Gasteiger partial charge in [0.1, 0.15) is 11.8 Å². The van der Waals surface area contributed by atoms with Crippen LogP contribution in [0.25, 0.3) is 0 Å². The van der Waals surface area contributed by atoms with Crippen LogP contribution in [-0.2, 0) is 32.6 Å². The molecule has 2 aromatic rings. The third kappa shape index (κ3) is 7.98. The number of hydrogen-bond donors (Lipinski definition) is 3. The van der Waals surface area contributed by atoms with Crippen LogP contribution in [0.1, 0.15) is 62.8 Å². The maximum atomic E-state index is 13.4. The van der Waals surface area contributed by atoms with Gasteiger partial charge in [0, 0.05) is 25.2 Å². The van der Waals surface area contributed by atoms with E-state index >= 15 is 0 Å². The summed E-state index contributed by atoms with van der Waals surface area (Å²) < 4.78 is 68.9. The molecule has 0 aromatic heterocycles. The largest absolute Gasteiger partial charge is 0.573 e. The molecule has 0 bridgehead atoms. The Bertz CT molecular complexity index is 1370. The normalized spacial score (nSPS) is 20.2. The fourth-order valence-electron chi connectivity index (χ4n) is 5.05. The Labute approximate surface area is 237 Å². The highest BCUT2D eigenvalue weighted by Crippen LogP contribution is 2.31. The third-order valence-electron chi connectivity index (χ3n) is 7.00. The highest BCUT2D eigenvalue weighted by Gasteiger charge is 2.40. The van der Waals surface area contributed by atoms with Gasteiger partial charge in [-0.25, -0.2) is 8.42 Å². The number of ether oxygens (including phenoxy) is 1. The predicted molar refractivity (Wildman–Crippen MR) is 145 cm³/mol. The van der Waals surface area contributed by atoms with Gasteiger partial charge >= 0.3 is 6.36 Å². The molecule has 0 unspecified atom stereocenters. The number of nitrogens with one attached hydrogen (secondary N) is 3. The van der Waals surface area contributed by atoms with Crippen LogP contribution in [0.4, 0.5) is 13.2 Å². The molecule has 41 heavy (non-hydrogen) atoms. The number of fused-ring (bicyclic) bond motifs is 1. The van der Waals surface area contributed by atoms with Crippen molar-refractivity contribution in [2.24, 2.45) is 0 Å². The maximum absolute atomic E-state index is 13.4. The first kappa shape index (κ1) is 30.8. The fourth-order valence-corrected chi connectivity index (χ4v) is 6.64. The zero-order valence-corrected chi connectivity index (χ0v) is 24.0. The van der Waals surface area contributed by atoms with E-state index in [-0.39, 0.29) is 29.6 Å². The standard InChI is InChI=1S/C28H35F3N4O5S/c1-27(2,3)33-17-18-7-12-22-19(15-18)5-4-6-23(22)34-25(36)16-24-26(37)32-13-14-35(24)41(38,39)21-10-8-20(9-11-21)40-28(29,30)31/h7-12,15,23-24,33H,4-6,13-14,16-17H2,1-3H3,(H,32,37)(H,34,36)/t23-,24-/m1/s1. The van der Waals surface area contributed by atoms with Crippen molar-refractivity contribution < 1.29 is 35.9 Å². The van der Waals surface area contributed by atoms with E-state index in [0.29, 0.717) is 13.0 Å². The number of benzene rings is 2. The summed E-state index contributed by atoms with van der Waals surface area (Å²) >= 11 is 0. The molecular weight excluding hydrogens is 561 g/mol. The van der Waals surface area contributed by atoms with Crippen molar-refractivity contribution in [1.29, 1.82) is 0 Å². The van der Waals surface area contributed by atoms with Crippen molar-refractivity contribution in [2.45, 2.75) is 81.9 Å². The zero-order valence-electron chi connectivity index (χ0n) is 23.2. The Morgan fingerprint density at radius 1 is 1.12 bits per heavy atom. The average Bonchev–Trinajstić information content (AvgIpc) is 2.87. The van der Waals surface area contributed by atoms with Crippen molar-refractivity contribution in [3.05, 3.63) is 59.2 Å². The number of carbonyl (C=O) groups is 2. The van der Waals surface area contributed by atoms with Gasteiger partial charge in [-0.1, -0.05) is 18.2 Å². The summed E-state index contributed by atoms with van der Waals surface area (Å²) in [6.45, 7) is 6.95. The number of sulfonamides is 1. The van der Waals surface area contributed by atoms with Gasteiger partial charge in [0.15, 0.2) is 0 Å².